The van der Waals surface area contributed by atoms with Crippen molar-refractivity contribution in [2.45, 2.75) is 19.1 Å². The molecular formula is C18H16F3N3O. The second kappa shape index (κ2) is 6.96. The van der Waals surface area contributed by atoms with Gasteiger partial charge in [0.2, 0.25) is 5.91 Å². The van der Waals surface area contributed by atoms with Crippen LogP contribution in [0.5, 0.6) is 0 Å². The molecule has 3 aromatic rings. The quantitative estimate of drug-likeness (QED) is 0.769. The van der Waals surface area contributed by atoms with Crippen LogP contribution in [0.3, 0.4) is 0 Å². The monoisotopic (exact) mass is 347 g/mol. The minimum Gasteiger partial charge on any atom is -0.354 e. The fourth-order valence-electron chi connectivity index (χ4n) is 2.63. The Hall–Kier alpha value is -2.83. The normalized spacial score (nSPS) is 11.6. The molecule has 0 spiro atoms. The lowest BCUT2D eigenvalue weighted by molar-refractivity contribution is -0.141. The van der Waals surface area contributed by atoms with E-state index in [9.17, 15) is 18.0 Å². The van der Waals surface area contributed by atoms with E-state index in [2.05, 4.69) is 10.4 Å². The molecule has 0 unspecified atom stereocenters. The summed E-state index contributed by atoms with van der Waals surface area (Å²) < 4.78 is 38.6. The minimum absolute atomic E-state index is 0.178. The summed E-state index contributed by atoms with van der Waals surface area (Å²) in [6.45, 7) is 0.389. The molecule has 1 heterocycles. The van der Waals surface area contributed by atoms with E-state index >= 15 is 0 Å². The van der Waals surface area contributed by atoms with Crippen LogP contribution >= 0.6 is 0 Å². The van der Waals surface area contributed by atoms with E-state index in [4.69, 9.17) is 0 Å². The third kappa shape index (κ3) is 4.17. The van der Waals surface area contributed by atoms with E-state index in [0.29, 0.717) is 0 Å². The second-order valence-corrected chi connectivity index (χ2v) is 5.63. The average Bonchev–Trinajstić information content (AvgIpc) is 3.04. The number of nitrogens with zero attached hydrogens (tertiary/aromatic N) is 2. The number of nitrogens with one attached hydrogen (secondary N) is 1. The number of alkyl halides is 3. The van der Waals surface area contributed by atoms with Gasteiger partial charge in [-0.05, 0) is 22.4 Å². The summed E-state index contributed by atoms with van der Waals surface area (Å²) in [6.07, 6.45) is -2.99. The van der Waals surface area contributed by atoms with Crippen molar-refractivity contribution in [3.05, 3.63) is 66.0 Å². The van der Waals surface area contributed by atoms with Crippen LogP contribution in [0.1, 0.15) is 11.3 Å². The molecule has 0 bridgehead atoms. The molecule has 1 N–H and O–H groups in total. The number of carbonyl (C=O) groups excluding carboxylic acids is 1. The lowest BCUT2D eigenvalue weighted by Gasteiger charge is -2.08. The van der Waals surface area contributed by atoms with Gasteiger partial charge < -0.3 is 5.32 Å². The number of hydrogen-bond acceptors (Lipinski definition) is 2. The Morgan fingerprint density at radius 1 is 1.08 bits per heavy atom. The summed E-state index contributed by atoms with van der Waals surface area (Å²) in [5.41, 5.74) is -0.0244. The summed E-state index contributed by atoms with van der Waals surface area (Å²) in [5, 5.41) is 8.23. The summed E-state index contributed by atoms with van der Waals surface area (Å²) in [5.74, 6) is -0.181. The van der Waals surface area contributed by atoms with Gasteiger partial charge in [-0.15, -0.1) is 0 Å². The fourth-order valence-corrected chi connectivity index (χ4v) is 2.63. The zero-order valence-electron chi connectivity index (χ0n) is 13.3. The Bertz CT molecular complexity index is 881. The molecule has 1 aromatic heterocycles. The number of hydrogen-bond donors (Lipinski definition) is 1. The highest BCUT2D eigenvalue weighted by Crippen LogP contribution is 2.27. The summed E-state index contributed by atoms with van der Waals surface area (Å²) in [6, 6.07) is 14.5. The highest BCUT2D eigenvalue weighted by atomic mass is 19.4. The molecule has 0 fully saturated rings. The fraction of sp³-hybridized carbons (Fsp3) is 0.222. The minimum atomic E-state index is -4.46. The Balaban J connectivity index is 1.55. The molecule has 0 aliphatic heterocycles. The zero-order chi connectivity index (χ0) is 17.9. The highest BCUT2D eigenvalue weighted by molar-refractivity contribution is 5.90. The molecule has 0 aliphatic rings. The summed E-state index contributed by atoms with van der Waals surface area (Å²) >= 11 is 0. The van der Waals surface area contributed by atoms with E-state index in [-0.39, 0.29) is 25.4 Å². The first-order chi connectivity index (χ1) is 11.9. The molecule has 0 saturated carbocycles. The van der Waals surface area contributed by atoms with E-state index in [1.165, 1.54) is 10.9 Å². The molecule has 130 valence electrons. The second-order valence-electron chi connectivity index (χ2n) is 5.63. The third-order valence-corrected chi connectivity index (χ3v) is 3.83. The van der Waals surface area contributed by atoms with Crippen molar-refractivity contribution in [3.63, 3.8) is 0 Å². The summed E-state index contributed by atoms with van der Waals surface area (Å²) in [4.78, 5) is 12.1. The van der Waals surface area contributed by atoms with Crippen LogP contribution in [0.4, 0.5) is 13.2 Å². The predicted molar refractivity (Wildman–Crippen MR) is 87.9 cm³/mol. The van der Waals surface area contributed by atoms with Gasteiger partial charge in [0, 0.05) is 12.7 Å². The standard InChI is InChI=1S/C18H16F3N3O/c19-18(20,21)16-8-10-24(23-16)11-9-22-17(25)12-14-6-3-5-13-4-1-2-7-15(13)14/h1-8,10H,9,11-12H2,(H,22,25). The van der Waals surface area contributed by atoms with Gasteiger partial charge in [-0.25, -0.2) is 0 Å². The van der Waals surface area contributed by atoms with Crippen molar-refractivity contribution in [2.75, 3.05) is 6.54 Å². The number of rotatable bonds is 5. The maximum Gasteiger partial charge on any atom is 0.435 e. The van der Waals surface area contributed by atoms with Gasteiger partial charge in [0.05, 0.1) is 13.0 Å². The molecule has 0 radical (unpaired) electrons. The van der Waals surface area contributed by atoms with Gasteiger partial charge in [-0.1, -0.05) is 42.5 Å². The molecule has 4 nitrogen and oxygen atoms in total. The van der Waals surface area contributed by atoms with Gasteiger partial charge in [0.15, 0.2) is 5.69 Å². The first kappa shape index (κ1) is 17.0. The van der Waals surface area contributed by atoms with Crippen molar-refractivity contribution in [3.8, 4) is 0 Å². The van der Waals surface area contributed by atoms with E-state index in [0.717, 1.165) is 22.4 Å². The van der Waals surface area contributed by atoms with E-state index in [1.54, 1.807) is 0 Å². The van der Waals surface area contributed by atoms with Crippen molar-refractivity contribution in [2.24, 2.45) is 0 Å². The number of halogens is 3. The number of aromatic nitrogens is 2. The zero-order valence-corrected chi connectivity index (χ0v) is 13.3. The molecule has 7 heteroatoms. The van der Waals surface area contributed by atoms with Crippen LogP contribution in [0, 0.1) is 0 Å². The molecule has 2 aromatic carbocycles. The lowest BCUT2D eigenvalue weighted by Crippen LogP contribution is -2.28. The molecule has 0 aliphatic carbocycles. The van der Waals surface area contributed by atoms with Crippen LogP contribution in [-0.4, -0.2) is 22.2 Å². The van der Waals surface area contributed by atoms with Gasteiger partial charge in [-0.3, -0.25) is 9.48 Å². The largest absolute Gasteiger partial charge is 0.435 e. The van der Waals surface area contributed by atoms with Gasteiger partial charge >= 0.3 is 6.18 Å². The first-order valence-electron chi connectivity index (χ1n) is 7.77. The third-order valence-electron chi connectivity index (χ3n) is 3.83. The van der Waals surface area contributed by atoms with E-state index < -0.39 is 11.9 Å². The van der Waals surface area contributed by atoms with Crippen LogP contribution in [-0.2, 0) is 23.9 Å². The van der Waals surface area contributed by atoms with Crippen LogP contribution in [0.25, 0.3) is 10.8 Å². The number of amides is 1. The van der Waals surface area contributed by atoms with Gasteiger partial charge in [0.1, 0.15) is 0 Å². The molecule has 25 heavy (non-hydrogen) atoms. The molecule has 1 amide bonds. The Kier molecular flexibility index (Phi) is 4.74. The van der Waals surface area contributed by atoms with Crippen molar-refractivity contribution in [1.29, 1.82) is 0 Å². The Morgan fingerprint density at radius 2 is 1.84 bits per heavy atom. The highest BCUT2D eigenvalue weighted by Gasteiger charge is 2.33. The van der Waals surface area contributed by atoms with Crippen LogP contribution in [0.15, 0.2) is 54.7 Å². The van der Waals surface area contributed by atoms with Crippen LogP contribution < -0.4 is 5.32 Å². The van der Waals surface area contributed by atoms with Crippen molar-refractivity contribution < 1.29 is 18.0 Å². The lowest BCUT2D eigenvalue weighted by atomic mass is 10.0. The Labute approximate surface area is 142 Å². The molecular weight excluding hydrogens is 331 g/mol. The van der Waals surface area contributed by atoms with Crippen molar-refractivity contribution >= 4 is 16.7 Å². The maximum atomic E-state index is 12.5. The maximum absolute atomic E-state index is 12.5. The van der Waals surface area contributed by atoms with Crippen molar-refractivity contribution in [1.82, 2.24) is 15.1 Å². The average molecular weight is 347 g/mol. The topological polar surface area (TPSA) is 46.9 Å². The molecule has 3 rings (SSSR count). The predicted octanol–water partition coefficient (Wildman–Crippen LogP) is 3.41. The van der Waals surface area contributed by atoms with Crippen LogP contribution in [0.2, 0.25) is 0 Å². The SMILES string of the molecule is O=C(Cc1cccc2ccccc12)NCCn1ccc(C(F)(F)F)n1. The number of fused-ring (bicyclic) bond motifs is 1. The Morgan fingerprint density at radius 3 is 2.60 bits per heavy atom. The van der Waals surface area contributed by atoms with Gasteiger partial charge in [0.25, 0.3) is 0 Å². The number of carbonyl (C=O) groups is 1. The van der Waals surface area contributed by atoms with Gasteiger partial charge in [-0.2, -0.15) is 18.3 Å². The first-order valence-corrected chi connectivity index (χ1v) is 7.77. The summed E-state index contributed by atoms with van der Waals surface area (Å²) in [7, 11) is 0. The molecule has 0 saturated heterocycles. The number of benzene rings is 2. The smallest absolute Gasteiger partial charge is 0.354 e. The van der Waals surface area contributed by atoms with E-state index in [1.807, 2.05) is 42.5 Å². The molecule has 0 atom stereocenters.